The third kappa shape index (κ3) is 3.50. The topological polar surface area (TPSA) is 90.2 Å². The van der Waals surface area contributed by atoms with Gasteiger partial charge in [-0.3, -0.25) is 14.2 Å². The van der Waals surface area contributed by atoms with E-state index in [2.05, 4.69) is 4.99 Å². The maximum atomic E-state index is 13.9. The molecule has 0 aliphatic carbocycles. The van der Waals surface area contributed by atoms with E-state index in [1.165, 1.54) is 4.57 Å². The van der Waals surface area contributed by atoms with Gasteiger partial charge in [0.25, 0.3) is 11.5 Å². The second-order valence-electron chi connectivity index (χ2n) is 8.15. The summed E-state index contributed by atoms with van der Waals surface area (Å²) >= 11 is 1.15. The van der Waals surface area contributed by atoms with Crippen LogP contribution in [0.25, 0.3) is 5.57 Å². The maximum absolute atomic E-state index is 13.9. The molecule has 0 radical (unpaired) electrons. The Bertz CT molecular complexity index is 1580. The van der Waals surface area contributed by atoms with Crippen LogP contribution in [-0.2, 0) is 14.3 Å². The average Bonchev–Trinajstić information content (AvgIpc) is 3.31. The number of fused-ring (bicyclic) bond motifs is 2. The summed E-state index contributed by atoms with van der Waals surface area (Å²) in [6.07, 6.45) is 0. The molecule has 2 aliphatic rings. The number of nitrogens with zero attached hydrogens (tertiary/aromatic N) is 3. The summed E-state index contributed by atoms with van der Waals surface area (Å²) < 4.78 is 12.4. The van der Waals surface area contributed by atoms with Crippen LogP contribution in [0.1, 0.15) is 31.0 Å². The Morgan fingerprint density at radius 2 is 1.83 bits per heavy atom. The first-order valence-corrected chi connectivity index (χ1v) is 11.9. The van der Waals surface area contributed by atoms with Crippen LogP contribution in [-0.4, -0.2) is 37.2 Å². The molecule has 0 bridgehead atoms. The number of ether oxygens (including phenoxy) is 2. The van der Waals surface area contributed by atoms with Crippen LogP contribution in [0.3, 0.4) is 0 Å². The summed E-state index contributed by atoms with van der Waals surface area (Å²) in [6, 6.07) is 13.8. The smallest absolute Gasteiger partial charge is 0.338 e. The molecule has 0 saturated carbocycles. The molecule has 3 heterocycles. The number of aromatic nitrogens is 1. The Balaban J connectivity index is 1.81. The average molecular weight is 490 g/mol. The number of allylic oxidation sites excluding steroid dienone is 1. The van der Waals surface area contributed by atoms with Crippen molar-refractivity contribution in [3.8, 4) is 5.75 Å². The lowest BCUT2D eigenvalue weighted by Crippen LogP contribution is -2.40. The highest BCUT2D eigenvalue weighted by atomic mass is 32.1. The fourth-order valence-electron chi connectivity index (χ4n) is 4.53. The molecule has 2 aliphatic heterocycles. The van der Waals surface area contributed by atoms with E-state index in [1.807, 2.05) is 36.4 Å². The number of amides is 1. The molecule has 0 unspecified atom stereocenters. The van der Waals surface area contributed by atoms with Crippen molar-refractivity contribution in [1.29, 1.82) is 0 Å². The number of methoxy groups -OCH3 is 1. The molecule has 178 valence electrons. The van der Waals surface area contributed by atoms with Crippen molar-refractivity contribution in [1.82, 2.24) is 4.57 Å². The van der Waals surface area contributed by atoms with Crippen LogP contribution < -0.4 is 24.5 Å². The van der Waals surface area contributed by atoms with Gasteiger partial charge in [-0.25, -0.2) is 9.79 Å². The zero-order chi connectivity index (χ0) is 24.9. The normalized spacial score (nSPS) is 18.2. The zero-order valence-electron chi connectivity index (χ0n) is 19.7. The second kappa shape index (κ2) is 8.66. The van der Waals surface area contributed by atoms with Gasteiger partial charge in [-0.15, -0.1) is 0 Å². The van der Waals surface area contributed by atoms with E-state index < -0.39 is 12.0 Å². The van der Waals surface area contributed by atoms with E-state index in [9.17, 15) is 14.4 Å². The van der Waals surface area contributed by atoms with E-state index in [0.717, 1.165) is 17.0 Å². The molecule has 1 aromatic heterocycles. The molecule has 2 aromatic carbocycles. The quantitative estimate of drug-likeness (QED) is 0.524. The third-order valence-electron chi connectivity index (χ3n) is 6.20. The molecule has 1 amide bonds. The molecule has 8 nitrogen and oxygen atoms in total. The summed E-state index contributed by atoms with van der Waals surface area (Å²) in [5.74, 6) is -0.133. The van der Waals surface area contributed by atoms with Crippen LogP contribution in [0.4, 0.5) is 5.69 Å². The van der Waals surface area contributed by atoms with E-state index in [-0.39, 0.29) is 23.6 Å². The molecule has 35 heavy (non-hydrogen) atoms. The minimum Gasteiger partial charge on any atom is -0.497 e. The number of anilines is 1. The van der Waals surface area contributed by atoms with E-state index in [1.54, 1.807) is 45.0 Å². The summed E-state index contributed by atoms with van der Waals surface area (Å²) in [5.41, 5.74) is 2.88. The lowest BCUT2D eigenvalue weighted by atomic mass is 9.96. The van der Waals surface area contributed by atoms with E-state index in [0.29, 0.717) is 37.5 Å². The van der Waals surface area contributed by atoms with Gasteiger partial charge in [0.15, 0.2) is 4.80 Å². The zero-order valence-corrected chi connectivity index (χ0v) is 20.5. The molecule has 0 N–H and O–H groups in total. The molecule has 9 heteroatoms. The minimum atomic E-state index is -0.755. The lowest BCUT2D eigenvalue weighted by Gasteiger charge is -2.24. The standard InChI is InChI=1S/C26H23N3O5S/c1-5-34-25(32)19-14(2)27-26-29(21(19)15-10-12-16(33-4)13-11-15)24(31)22(35-26)20-17-8-6-7-9-18(17)28(3)23(20)30/h6-13,21H,5H2,1-4H3/b22-20-/t21-/m1/s1. The van der Waals surface area contributed by atoms with Crippen LogP contribution >= 0.6 is 11.3 Å². The fourth-order valence-corrected chi connectivity index (χ4v) is 5.67. The number of thiazole rings is 1. The number of benzene rings is 2. The van der Waals surface area contributed by atoms with Gasteiger partial charge in [0.05, 0.1) is 42.3 Å². The monoisotopic (exact) mass is 489 g/mol. The molecule has 1 atom stereocenters. The van der Waals surface area contributed by atoms with Crippen molar-refractivity contribution in [3.05, 3.63) is 90.6 Å². The summed E-state index contributed by atoms with van der Waals surface area (Å²) in [7, 11) is 3.26. The Morgan fingerprint density at radius 1 is 1.11 bits per heavy atom. The predicted molar refractivity (Wildman–Crippen MR) is 132 cm³/mol. The molecule has 5 rings (SSSR count). The first-order chi connectivity index (χ1) is 16.9. The van der Waals surface area contributed by atoms with Crippen LogP contribution in [0.15, 0.2) is 69.6 Å². The SMILES string of the molecule is CCOC(=O)C1=C(C)N=c2s/c(=C3\C(=O)N(C)c4ccccc43)c(=O)n2[C@@H]1c1ccc(OC)cc1. The molecule has 0 fully saturated rings. The van der Waals surface area contributed by atoms with E-state index in [4.69, 9.17) is 9.47 Å². The number of rotatable bonds is 4. The Labute approximate surface area is 205 Å². The minimum absolute atomic E-state index is 0.192. The van der Waals surface area contributed by atoms with Crippen LogP contribution in [0.5, 0.6) is 5.75 Å². The predicted octanol–water partition coefficient (Wildman–Crippen LogP) is 2.15. The first kappa shape index (κ1) is 22.8. The van der Waals surface area contributed by atoms with Gasteiger partial charge in [-0.2, -0.15) is 0 Å². The van der Waals surface area contributed by atoms with Crippen molar-refractivity contribution < 1.29 is 19.1 Å². The fraction of sp³-hybridized carbons (Fsp3) is 0.231. The number of esters is 1. The van der Waals surface area contributed by atoms with Gasteiger partial charge in [-0.1, -0.05) is 41.7 Å². The van der Waals surface area contributed by atoms with Crippen molar-refractivity contribution in [3.63, 3.8) is 0 Å². The first-order valence-electron chi connectivity index (χ1n) is 11.1. The summed E-state index contributed by atoms with van der Waals surface area (Å²) in [6.45, 7) is 3.65. The van der Waals surface area contributed by atoms with Gasteiger partial charge in [0.2, 0.25) is 0 Å². The lowest BCUT2D eigenvalue weighted by molar-refractivity contribution is -0.139. The number of hydrogen-bond donors (Lipinski definition) is 0. The van der Waals surface area contributed by atoms with Crippen molar-refractivity contribution in [2.45, 2.75) is 19.9 Å². The van der Waals surface area contributed by atoms with Gasteiger partial charge in [0.1, 0.15) is 10.3 Å². The van der Waals surface area contributed by atoms with Crippen molar-refractivity contribution >= 4 is 34.5 Å². The highest BCUT2D eigenvalue weighted by molar-refractivity contribution is 7.07. The third-order valence-corrected chi connectivity index (χ3v) is 7.26. The van der Waals surface area contributed by atoms with Crippen molar-refractivity contribution in [2.75, 3.05) is 25.7 Å². The number of likely N-dealkylation sites (N-methyl/N-ethyl adjacent to an activating group) is 1. The number of hydrogen-bond acceptors (Lipinski definition) is 7. The summed E-state index contributed by atoms with van der Waals surface area (Å²) in [4.78, 5) is 46.7. The Kier molecular flexibility index (Phi) is 5.64. The van der Waals surface area contributed by atoms with Crippen LogP contribution in [0.2, 0.25) is 0 Å². The number of carbonyl (C=O) groups excluding carboxylic acids is 2. The Morgan fingerprint density at radius 3 is 2.51 bits per heavy atom. The maximum Gasteiger partial charge on any atom is 0.338 e. The van der Waals surface area contributed by atoms with Gasteiger partial charge in [0, 0.05) is 12.6 Å². The number of para-hydroxylation sites is 1. The highest BCUT2D eigenvalue weighted by Gasteiger charge is 2.36. The Hall–Kier alpha value is -3.98. The molecule has 0 saturated heterocycles. The molecule has 3 aromatic rings. The highest BCUT2D eigenvalue weighted by Crippen LogP contribution is 2.34. The molecular formula is C26H23N3O5S. The van der Waals surface area contributed by atoms with Gasteiger partial charge < -0.3 is 14.4 Å². The van der Waals surface area contributed by atoms with Crippen molar-refractivity contribution in [2.24, 2.45) is 4.99 Å². The van der Waals surface area contributed by atoms with Gasteiger partial charge in [-0.05, 0) is 37.6 Å². The van der Waals surface area contributed by atoms with Crippen LogP contribution in [0, 0.1) is 0 Å². The second-order valence-corrected chi connectivity index (χ2v) is 9.13. The van der Waals surface area contributed by atoms with Gasteiger partial charge >= 0.3 is 5.97 Å². The number of carbonyl (C=O) groups is 2. The largest absolute Gasteiger partial charge is 0.497 e. The molecule has 0 spiro atoms. The molecular weight excluding hydrogens is 466 g/mol. The summed E-state index contributed by atoms with van der Waals surface area (Å²) in [5, 5.41) is 0. The van der Waals surface area contributed by atoms with E-state index >= 15 is 0 Å².